The van der Waals surface area contributed by atoms with Gasteiger partial charge in [-0.15, -0.1) is 0 Å². The Labute approximate surface area is 140 Å². The minimum absolute atomic E-state index is 0.212. The van der Waals surface area contributed by atoms with Gasteiger partial charge in [-0.25, -0.2) is 4.79 Å². The van der Waals surface area contributed by atoms with Gasteiger partial charge in [0.1, 0.15) is 4.99 Å². The van der Waals surface area contributed by atoms with Gasteiger partial charge in [0.15, 0.2) is 0 Å². The highest BCUT2D eigenvalue weighted by molar-refractivity contribution is 9.10. The standard InChI is InChI=1S/C14H11BrClN3OS/c15-8-1-6-11(13(17)21)12(7-8)19-14(20)18-10-4-2-9(16)3-5-10/h1-7H,(H2,17,21)(H2,18,19,20). The van der Waals surface area contributed by atoms with Crippen molar-refractivity contribution >= 4 is 62.1 Å². The summed E-state index contributed by atoms with van der Waals surface area (Å²) in [6.45, 7) is 0. The van der Waals surface area contributed by atoms with Gasteiger partial charge in [0, 0.05) is 20.7 Å². The van der Waals surface area contributed by atoms with Crippen LogP contribution in [0.4, 0.5) is 16.2 Å². The van der Waals surface area contributed by atoms with E-state index in [1.807, 2.05) is 0 Å². The predicted octanol–water partition coefficient (Wildman–Crippen LogP) is 4.38. The summed E-state index contributed by atoms with van der Waals surface area (Å²) in [5.74, 6) is 0. The van der Waals surface area contributed by atoms with Crippen LogP contribution < -0.4 is 16.4 Å². The first kappa shape index (κ1) is 15.8. The highest BCUT2D eigenvalue weighted by atomic mass is 79.9. The van der Waals surface area contributed by atoms with Crippen molar-refractivity contribution in [2.24, 2.45) is 5.73 Å². The van der Waals surface area contributed by atoms with Crippen LogP contribution in [-0.2, 0) is 0 Å². The average Bonchev–Trinajstić information content (AvgIpc) is 2.41. The molecule has 0 bridgehead atoms. The molecule has 0 aromatic heterocycles. The number of amides is 2. The van der Waals surface area contributed by atoms with Crippen LogP contribution >= 0.6 is 39.7 Å². The lowest BCUT2D eigenvalue weighted by Crippen LogP contribution is -2.22. The number of benzene rings is 2. The van der Waals surface area contributed by atoms with E-state index in [2.05, 4.69) is 26.6 Å². The van der Waals surface area contributed by atoms with Crippen LogP contribution in [0.5, 0.6) is 0 Å². The van der Waals surface area contributed by atoms with Crippen molar-refractivity contribution in [3.63, 3.8) is 0 Å². The van der Waals surface area contributed by atoms with Gasteiger partial charge in [-0.3, -0.25) is 0 Å². The lowest BCUT2D eigenvalue weighted by molar-refractivity contribution is 0.262. The number of hydrogen-bond acceptors (Lipinski definition) is 2. The minimum Gasteiger partial charge on any atom is -0.389 e. The van der Waals surface area contributed by atoms with E-state index in [4.69, 9.17) is 29.6 Å². The van der Waals surface area contributed by atoms with Gasteiger partial charge >= 0.3 is 6.03 Å². The summed E-state index contributed by atoms with van der Waals surface area (Å²) in [6.07, 6.45) is 0. The van der Waals surface area contributed by atoms with Crippen molar-refractivity contribution in [1.82, 2.24) is 0 Å². The number of anilines is 2. The van der Waals surface area contributed by atoms with Crippen LogP contribution in [0.2, 0.25) is 5.02 Å². The molecule has 4 nitrogen and oxygen atoms in total. The fourth-order valence-corrected chi connectivity index (χ4v) is 2.32. The van der Waals surface area contributed by atoms with Crippen molar-refractivity contribution in [2.45, 2.75) is 0 Å². The lowest BCUT2D eigenvalue weighted by Gasteiger charge is -2.12. The zero-order valence-corrected chi connectivity index (χ0v) is 13.8. The Morgan fingerprint density at radius 2 is 1.81 bits per heavy atom. The Bertz CT molecular complexity index is 691. The molecule has 0 aliphatic rings. The number of carbonyl (C=O) groups is 1. The van der Waals surface area contributed by atoms with E-state index in [1.165, 1.54) is 0 Å². The van der Waals surface area contributed by atoms with Gasteiger partial charge in [-0.05, 0) is 42.5 Å². The molecule has 0 aliphatic carbocycles. The van der Waals surface area contributed by atoms with Crippen LogP contribution in [0.1, 0.15) is 5.56 Å². The number of carbonyl (C=O) groups excluding carboxylic acids is 1. The largest absolute Gasteiger partial charge is 0.389 e. The molecule has 2 amide bonds. The minimum atomic E-state index is -0.395. The Balaban J connectivity index is 2.14. The van der Waals surface area contributed by atoms with Crippen LogP contribution in [0.25, 0.3) is 0 Å². The third kappa shape index (κ3) is 4.42. The Morgan fingerprint density at radius 1 is 1.14 bits per heavy atom. The Kier molecular flexibility index (Phi) is 5.17. The fourth-order valence-electron chi connectivity index (χ4n) is 1.65. The predicted molar refractivity (Wildman–Crippen MR) is 94.1 cm³/mol. The van der Waals surface area contributed by atoms with E-state index >= 15 is 0 Å². The molecule has 0 atom stereocenters. The molecular formula is C14H11BrClN3OS. The van der Waals surface area contributed by atoms with E-state index in [9.17, 15) is 4.79 Å². The van der Waals surface area contributed by atoms with E-state index in [-0.39, 0.29) is 4.99 Å². The molecule has 0 unspecified atom stereocenters. The number of nitrogens with two attached hydrogens (primary N) is 1. The molecule has 108 valence electrons. The molecule has 0 saturated heterocycles. The SMILES string of the molecule is NC(=S)c1ccc(Br)cc1NC(=O)Nc1ccc(Cl)cc1. The first-order valence-corrected chi connectivity index (χ1v) is 7.46. The van der Waals surface area contributed by atoms with Crippen molar-refractivity contribution in [1.29, 1.82) is 0 Å². The molecule has 4 N–H and O–H groups in total. The van der Waals surface area contributed by atoms with Crippen molar-refractivity contribution in [3.8, 4) is 0 Å². The number of urea groups is 1. The zero-order valence-electron chi connectivity index (χ0n) is 10.7. The first-order valence-electron chi connectivity index (χ1n) is 5.88. The molecule has 7 heteroatoms. The molecule has 2 aromatic rings. The van der Waals surface area contributed by atoms with Crippen molar-refractivity contribution < 1.29 is 4.79 Å². The van der Waals surface area contributed by atoms with Gasteiger partial charge in [0.2, 0.25) is 0 Å². The number of nitrogens with one attached hydrogen (secondary N) is 2. The average molecular weight is 385 g/mol. The maximum atomic E-state index is 12.0. The summed E-state index contributed by atoms with van der Waals surface area (Å²) in [5, 5.41) is 6.01. The molecule has 0 saturated carbocycles. The normalized spacial score (nSPS) is 10.0. The van der Waals surface area contributed by atoms with E-state index in [0.29, 0.717) is 22.0 Å². The topological polar surface area (TPSA) is 67.1 Å². The van der Waals surface area contributed by atoms with Crippen LogP contribution in [0, 0.1) is 0 Å². The Hall–Kier alpha value is -1.63. The van der Waals surface area contributed by atoms with Crippen LogP contribution in [0.3, 0.4) is 0 Å². The highest BCUT2D eigenvalue weighted by Gasteiger charge is 2.09. The summed E-state index contributed by atoms with van der Waals surface area (Å²) in [5.41, 5.74) is 7.40. The molecule has 2 aromatic carbocycles. The van der Waals surface area contributed by atoms with Crippen LogP contribution in [-0.4, -0.2) is 11.0 Å². The van der Waals surface area contributed by atoms with Crippen molar-refractivity contribution in [2.75, 3.05) is 10.6 Å². The van der Waals surface area contributed by atoms with Gasteiger partial charge in [-0.2, -0.15) is 0 Å². The summed E-state index contributed by atoms with van der Waals surface area (Å²) >= 11 is 14.1. The molecular weight excluding hydrogens is 374 g/mol. The van der Waals surface area contributed by atoms with E-state index in [1.54, 1.807) is 42.5 Å². The second-order valence-corrected chi connectivity index (χ2v) is 5.93. The number of thiocarbonyl (C=S) groups is 1. The summed E-state index contributed by atoms with van der Waals surface area (Å²) in [6, 6.07) is 11.7. The van der Waals surface area contributed by atoms with Gasteiger partial charge in [-0.1, -0.05) is 39.7 Å². The molecule has 0 radical (unpaired) electrons. The maximum absolute atomic E-state index is 12.0. The molecule has 21 heavy (non-hydrogen) atoms. The molecule has 2 rings (SSSR count). The smallest absolute Gasteiger partial charge is 0.323 e. The highest BCUT2D eigenvalue weighted by Crippen LogP contribution is 2.22. The number of hydrogen-bond donors (Lipinski definition) is 3. The first-order chi connectivity index (χ1) is 9.95. The fraction of sp³-hybridized carbons (Fsp3) is 0. The second kappa shape index (κ2) is 6.89. The number of rotatable bonds is 3. The van der Waals surface area contributed by atoms with E-state index < -0.39 is 6.03 Å². The molecule has 0 spiro atoms. The maximum Gasteiger partial charge on any atom is 0.323 e. The summed E-state index contributed by atoms with van der Waals surface area (Å²) in [4.78, 5) is 12.2. The molecule has 0 fully saturated rings. The second-order valence-electron chi connectivity index (χ2n) is 4.14. The number of halogens is 2. The monoisotopic (exact) mass is 383 g/mol. The molecule has 0 heterocycles. The Morgan fingerprint density at radius 3 is 2.43 bits per heavy atom. The zero-order chi connectivity index (χ0) is 15.4. The van der Waals surface area contributed by atoms with E-state index in [0.717, 1.165) is 4.47 Å². The third-order valence-electron chi connectivity index (χ3n) is 2.60. The summed E-state index contributed by atoms with van der Waals surface area (Å²) in [7, 11) is 0. The van der Waals surface area contributed by atoms with Gasteiger partial charge in [0.25, 0.3) is 0 Å². The molecule has 0 aliphatic heterocycles. The quantitative estimate of drug-likeness (QED) is 0.688. The third-order valence-corrected chi connectivity index (χ3v) is 3.56. The van der Waals surface area contributed by atoms with Crippen molar-refractivity contribution in [3.05, 3.63) is 57.5 Å². The lowest BCUT2D eigenvalue weighted by atomic mass is 10.2. The van der Waals surface area contributed by atoms with Gasteiger partial charge in [0.05, 0.1) is 5.69 Å². The van der Waals surface area contributed by atoms with Gasteiger partial charge < -0.3 is 16.4 Å². The summed E-state index contributed by atoms with van der Waals surface area (Å²) < 4.78 is 0.810. The van der Waals surface area contributed by atoms with Crippen LogP contribution in [0.15, 0.2) is 46.9 Å².